The first kappa shape index (κ1) is 12.6. The number of methoxy groups -OCH3 is 1. The monoisotopic (exact) mass is 274 g/mol. The fourth-order valence-electron chi connectivity index (χ4n) is 1.76. The van der Waals surface area contributed by atoms with Crippen molar-refractivity contribution in [3.8, 4) is 0 Å². The molecule has 1 heterocycles. The van der Waals surface area contributed by atoms with Crippen molar-refractivity contribution >= 4 is 34.0 Å². The maximum absolute atomic E-state index is 11.4. The van der Waals surface area contributed by atoms with Crippen LogP contribution in [0.3, 0.4) is 0 Å². The Kier molecular flexibility index (Phi) is 3.58. The molecule has 2 unspecified atom stereocenters. The van der Waals surface area contributed by atoms with E-state index in [1.807, 2.05) is 7.05 Å². The zero-order valence-corrected chi connectivity index (χ0v) is 11.6. The number of rotatable bonds is 4. The summed E-state index contributed by atoms with van der Waals surface area (Å²) < 4.78 is 4.65. The van der Waals surface area contributed by atoms with Gasteiger partial charge in [-0.3, -0.25) is 0 Å². The molecule has 17 heavy (non-hydrogen) atoms. The molecule has 0 aliphatic heterocycles. The molecule has 6 heteroatoms. The molecule has 1 aliphatic rings. The summed E-state index contributed by atoms with van der Waals surface area (Å²) in [5.74, 6) is 1.11. The number of anilines is 1. The number of ether oxygens (including phenoxy) is 1. The molecule has 0 radical (unpaired) electrons. The summed E-state index contributed by atoms with van der Waals surface area (Å²) in [5.41, 5.74) is 0. The van der Waals surface area contributed by atoms with E-state index in [2.05, 4.69) is 21.5 Å². The van der Waals surface area contributed by atoms with Crippen molar-refractivity contribution in [3.05, 3.63) is 10.0 Å². The fourth-order valence-corrected chi connectivity index (χ4v) is 2.93. The van der Waals surface area contributed by atoms with Gasteiger partial charge in [0.2, 0.25) is 0 Å². The lowest BCUT2D eigenvalue weighted by Gasteiger charge is -2.14. The smallest absolute Gasteiger partial charge is 0.351 e. The van der Waals surface area contributed by atoms with E-state index in [9.17, 15) is 4.79 Å². The molecule has 4 nitrogen and oxygen atoms in total. The molecule has 0 spiro atoms. The van der Waals surface area contributed by atoms with Crippen LogP contribution in [-0.4, -0.2) is 31.7 Å². The van der Waals surface area contributed by atoms with E-state index in [1.165, 1.54) is 24.9 Å². The highest BCUT2D eigenvalue weighted by Crippen LogP contribution is 2.39. The molecule has 1 fully saturated rings. The van der Waals surface area contributed by atoms with Crippen molar-refractivity contribution in [2.45, 2.75) is 13.3 Å². The van der Waals surface area contributed by atoms with Gasteiger partial charge in [0, 0.05) is 13.6 Å². The molecule has 1 aliphatic carbocycles. The van der Waals surface area contributed by atoms with Crippen LogP contribution in [0.15, 0.2) is 0 Å². The highest BCUT2D eigenvalue weighted by molar-refractivity contribution is 7.18. The Morgan fingerprint density at radius 2 is 2.35 bits per heavy atom. The summed E-state index contributed by atoms with van der Waals surface area (Å²) in [6.07, 6.45) is 1.27. The zero-order chi connectivity index (χ0) is 12.6. The fraction of sp³-hybridized carbons (Fsp3) is 0.636. The summed E-state index contributed by atoms with van der Waals surface area (Å²) >= 11 is 7.19. The molecule has 0 amide bonds. The molecule has 0 bridgehead atoms. The normalized spacial score (nSPS) is 22.4. The van der Waals surface area contributed by atoms with Crippen molar-refractivity contribution in [2.24, 2.45) is 11.8 Å². The van der Waals surface area contributed by atoms with Gasteiger partial charge in [0.25, 0.3) is 0 Å². The predicted octanol–water partition coefficient (Wildman–Crippen LogP) is 2.68. The van der Waals surface area contributed by atoms with Crippen LogP contribution in [0.2, 0.25) is 5.15 Å². The van der Waals surface area contributed by atoms with Crippen molar-refractivity contribution in [1.29, 1.82) is 0 Å². The van der Waals surface area contributed by atoms with E-state index in [0.29, 0.717) is 4.88 Å². The lowest BCUT2D eigenvalue weighted by atomic mass is 10.3. The highest BCUT2D eigenvalue weighted by atomic mass is 35.5. The number of halogens is 1. The Labute approximate surface area is 110 Å². The van der Waals surface area contributed by atoms with Crippen LogP contribution >= 0.6 is 22.9 Å². The third kappa shape index (κ3) is 2.72. The third-order valence-corrected chi connectivity index (χ3v) is 4.59. The number of aromatic nitrogens is 1. The second-order valence-electron chi connectivity index (χ2n) is 4.46. The van der Waals surface area contributed by atoms with E-state index in [-0.39, 0.29) is 5.15 Å². The maximum Gasteiger partial charge on any atom is 0.351 e. The second kappa shape index (κ2) is 4.82. The number of thiazole rings is 1. The van der Waals surface area contributed by atoms with Crippen molar-refractivity contribution in [2.75, 3.05) is 25.6 Å². The first-order chi connectivity index (χ1) is 8.02. The van der Waals surface area contributed by atoms with E-state index >= 15 is 0 Å². The number of carbonyl (C=O) groups is 1. The van der Waals surface area contributed by atoms with Gasteiger partial charge in [0.05, 0.1) is 7.11 Å². The summed E-state index contributed by atoms with van der Waals surface area (Å²) in [6.45, 7) is 3.21. The number of hydrogen-bond donors (Lipinski definition) is 0. The maximum atomic E-state index is 11.4. The van der Waals surface area contributed by atoms with Crippen LogP contribution in [0, 0.1) is 11.8 Å². The zero-order valence-electron chi connectivity index (χ0n) is 10.1. The van der Waals surface area contributed by atoms with Crippen LogP contribution < -0.4 is 4.90 Å². The standard InChI is InChI=1S/C11H15ClN2O2S/c1-6-4-7(6)5-14(2)11-13-9(12)8(17-11)10(15)16-3/h6-7H,4-5H2,1-3H3. The van der Waals surface area contributed by atoms with E-state index in [0.717, 1.165) is 23.5 Å². The van der Waals surface area contributed by atoms with Gasteiger partial charge in [0.15, 0.2) is 15.2 Å². The molecule has 1 aromatic rings. The van der Waals surface area contributed by atoms with Gasteiger partial charge in [-0.05, 0) is 18.3 Å². The van der Waals surface area contributed by atoms with E-state index < -0.39 is 5.97 Å². The number of nitrogens with zero attached hydrogens (tertiary/aromatic N) is 2. The Hall–Kier alpha value is -0.810. The van der Waals surface area contributed by atoms with Crippen molar-refractivity contribution < 1.29 is 9.53 Å². The second-order valence-corrected chi connectivity index (χ2v) is 5.80. The van der Waals surface area contributed by atoms with E-state index in [1.54, 1.807) is 0 Å². The lowest BCUT2D eigenvalue weighted by molar-refractivity contribution is 0.0606. The minimum absolute atomic E-state index is 0.229. The van der Waals surface area contributed by atoms with Gasteiger partial charge in [-0.25, -0.2) is 9.78 Å². The summed E-state index contributed by atoms with van der Waals surface area (Å²) in [6, 6.07) is 0. The largest absolute Gasteiger partial charge is 0.465 e. The molecule has 0 aromatic carbocycles. The van der Waals surface area contributed by atoms with Gasteiger partial charge >= 0.3 is 5.97 Å². The molecule has 1 aromatic heterocycles. The number of carbonyl (C=O) groups excluding carboxylic acids is 1. The van der Waals surface area contributed by atoms with Gasteiger partial charge in [-0.15, -0.1) is 0 Å². The van der Waals surface area contributed by atoms with Crippen LogP contribution in [-0.2, 0) is 4.74 Å². The Bertz CT molecular complexity index is 435. The van der Waals surface area contributed by atoms with Crippen LogP contribution in [0.4, 0.5) is 5.13 Å². The molecule has 0 N–H and O–H groups in total. The molecular weight excluding hydrogens is 260 g/mol. The molecule has 2 atom stereocenters. The average molecular weight is 275 g/mol. The Balaban J connectivity index is 2.08. The number of hydrogen-bond acceptors (Lipinski definition) is 5. The quantitative estimate of drug-likeness (QED) is 0.792. The minimum Gasteiger partial charge on any atom is -0.465 e. The lowest BCUT2D eigenvalue weighted by Crippen LogP contribution is -2.20. The summed E-state index contributed by atoms with van der Waals surface area (Å²) in [4.78, 5) is 18.0. The topological polar surface area (TPSA) is 42.4 Å². The van der Waals surface area contributed by atoms with E-state index in [4.69, 9.17) is 11.6 Å². The van der Waals surface area contributed by atoms with Gasteiger partial charge in [0.1, 0.15) is 0 Å². The van der Waals surface area contributed by atoms with Crippen LogP contribution in [0.25, 0.3) is 0 Å². The highest BCUT2D eigenvalue weighted by Gasteiger charge is 2.34. The van der Waals surface area contributed by atoms with Gasteiger partial charge < -0.3 is 9.64 Å². The number of esters is 1. The Morgan fingerprint density at radius 1 is 1.71 bits per heavy atom. The summed E-state index contributed by atoms with van der Waals surface area (Å²) in [5, 5.41) is 1.00. The predicted molar refractivity (Wildman–Crippen MR) is 69.0 cm³/mol. The van der Waals surface area contributed by atoms with Crippen molar-refractivity contribution in [1.82, 2.24) is 4.98 Å². The molecule has 2 rings (SSSR count). The molecular formula is C11H15ClN2O2S. The third-order valence-electron chi connectivity index (χ3n) is 3.06. The molecule has 0 saturated heterocycles. The first-order valence-corrected chi connectivity index (χ1v) is 6.68. The van der Waals surface area contributed by atoms with Crippen LogP contribution in [0.5, 0.6) is 0 Å². The minimum atomic E-state index is -0.424. The summed E-state index contributed by atoms with van der Waals surface area (Å²) in [7, 11) is 3.31. The molecule has 94 valence electrons. The average Bonchev–Trinajstić information content (AvgIpc) is 2.83. The van der Waals surface area contributed by atoms with Gasteiger partial charge in [-0.1, -0.05) is 29.9 Å². The SMILES string of the molecule is COC(=O)c1sc(N(C)CC2CC2C)nc1Cl. The van der Waals surface area contributed by atoms with Crippen molar-refractivity contribution in [3.63, 3.8) is 0 Å². The van der Waals surface area contributed by atoms with Crippen LogP contribution in [0.1, 0.15) is 23.0 Å². The van der Waals surface area contributed by atoms with Gasteiger partial charge in [-0.2, -0.15) is 0 Å². The Morgan fingerprint density at radius 3 is 2.88 bits per heavy atom. The molecule has 1 saturated carbocycles. The first-order valence-electron chi connectivity index (χ1n) is 5.48.